The Hall–Kier alpha value is -2.48. The molecule has 0 radical (unpaired) electrons. The van der Waals surface area contributed by atoms with E-state index in [2.05, 4.69) is 23.8 Å². The van der Waals surface area contributed by atoms with Crippen LogP contribution in [0, 0.1) is 11.7 Å². The minimum atomic E-state index is -0.450. The molecule has 142 valence electrons. The number of rotatable bonds is 5. The zero-order valence-electron chi connectivity index (χ0n) is 15.7. The van der Waals surface area contributed by atoms with E-state index in [1.807, 2.05) is 0 Å². The van der Waals surface area contributed by atoms with Gasteiger partial charge in [-0.2, -0.15) is 0 Å². The van der Waals surface area contributed by atoms with Crippen molar-refractivity contribution in [3.8, 4) is 11.4 Å². The van der Waals surface area contributed by atoms with Crippen LogP contribution >= 0.6 is 11.8 Å². The van der Waals surface area contributed by atoms with Crippen molar-refractivity contribution in [2.45, 2.75) is 25.3 Å². The largest absolute Gasteiger partial charge is 0.332 e. The summed E-state index contributed by atoms with van der Waals surface area (Å²) in [6.45, 7) is 4.26. The van der Waals surface area contributed by atoms with Gasteiger partial charge in [-0.15, -0.1) is 11.8 Å². The fourth-order valence-electron chi connectivity index (χ4n) is 2.65. The van der Waals surface area contributed by atoms with Crippen LogP contribution in [0.4, 0.5) is 4.39 Å². The maximum absolute atomic E-state index is 13.3. The number of halogens is 1. The molecule has 6 nitrogen and oxygen atoms in total. The molecule has 0 unspecified atom stereocenters. The fourth-order valence-corrected chi connectivity index (χ4v) is 3.91. The lowest BCUT2D eigenvalue weighted by atomic mass is 10.2. The molecule has 27 heavy (non-hydrogen) atoms. The molecule has 3 aromatic rings. The molecule has 0 atom stereocenters. The van der Waals surface area contributed by atoms with Gasteiger partial charge in [0, 0.05) is 19.7 Å². The van der Waals surface area contributed by atoms with E-state index in [1.165, 1.54) is 35.5 Å². The first-order valence-corrected chi connectivity index (χ1v) is 9.64. The molecule has 3 rings (SSSR count). The highest BCUT2D eigenvalue weighted by Gasteiger charge is 2.18. The van der Waals surface area contributed by atoms with E-state index in [0.717, 1.165) is 16.7 Å². The number of thioether (sulfide) groups is 1. The van der Waals surface area contributed by atoms with Crippen LogP contribution in [0.2, 0.25) is 0 Å². The summed E-state index contributed by atoms with van der Waals surface area (Å²) >= 11 is 1.47. The van der Waals surface area contributed by atoms with Gasteiger partial charge in [0.25, 0.3) is 5.56 Å². The van der Waals surface area contributed by atoms with Crippen LogP contribution in [0.5, 0.6) is 0 Å². The maximum Gasteiger partial charge on any atom is 0.332 e. The lowest BCUT2D eigenvalue weighted by molar-refractivity contribution is 0.628. The molecule has 8 heteroatoms. The van der Waals surface area contributed by atoms with Gasteiger partial charge in [-0.05, 0) is 42.4 Å². The molecule has 2 aromatic heterocycles. The molecule has 0 aliphatic heterocycles. The van der Waals surface area contributed by atoms with E-state index >= 15 is 0 Å². The quantitative estimate of drug-likeness (QED) is 0.496. The third-order valence-electron chi connectivity index (χ3n) is 4.30. The van der Waals surface area contributed by atoms with Crippen molar-refractivity contribution in [2.24, 2.45) is 20.0 Å². The smallest absolute Gasteiger partial charge is 0.280 e. The second-order valence-corrected chi connectivity index (χ2v) is 7.88. The second-order valence-electron chi connectivity index (χ2n) is 6.79. The summed E-state index contributed by atoms with van der Waals surface area (Å²) in [5.74, 6) is 1.32. The number of hydrogen-bond donors (Lipinski definition) is 0. The van der Waals surface area contributed by atoms with Crippen LogP contribution in [-0.4, -0.2) is 24.9 Å². The molecular formula is C19H21FN4O2S. The Morgan fingerprint density at radius 1 is 1.07 bits per heavy atom. The van der Waals surface area contributed by atoms with Gasteiger partial charge in [-0.1, -0.05) is 13.8 Å². The summed E-state index contributed by atoms with van der Waals surface area (Å²) in [5.41, 5.74) is 0.0433. The number of benzene rings is 1. The minimum absolute atomic E-state index is 0.282. The van der Waals surface area contributed by atoms with Crippen LogP contribution in [0.3, 0.4) is 0 Å². The summed E-state index contributed by atoms with van der Waals surface area (Å²) in [6, 6.07) is 5.82. The highest BCUT2D eigenvalue weighted by molar-refractivity contribution is 7.99. The number of nitrogens with zero attached hydrogens (tertiary/aromatic N) is 4. The average Bonchev–Trinajstić information content (AvgIpc) is 2.64. The first-order valence-electron chi connectivity index (χ1n) is 8.66. The summed E-state index contributed by atoms with van der Waals surface area (Å²) in [7, 11) is 3.02. The number of fused-ring (bicyclic) bond motifs is 1. The van der Waals surface area contributed by atoms with E-state index in [9.17, 15) is 14.0 Å². The lowest BCUT2D eigenvalue weighted by Gasteiger charge is -2.12. The van der Waals surface area contributed by atoms with Crippen molar-refractivity contribution >= 4 is 22.8 Å². The molecule has 0 bridgehead atoms. The van der Waals surface area contributed by atoms with Gasteiger partial charge in [0.2, 0.25) is 0 Å². The summed E-state index contributed by atoms with van der Waals surface area (Å²) in [4.78, 5) is 34.1. The maximum atomic E-state index is 13.3. The van der Waals surface area contributed by atoms with Gasteiger partial charge in [-0.25, -0.2) is 19.2 Å². The van der Waals surface area contributed by atoms with Crippen molar-refractivity contribution in [1.82, 2.24) is 19.1 Å². The van der Waals surface area contributed by atoms with Crippen LogP contribution in [0.15, 0.2) is 38.9 Å². The number of hydrogen-bond acceptors (Lipinski definition) is 5. The van der Waals surface area contributed by atoms with E-state index in [-0.39, 0.29) is 11.5 Å². The fraction of sp³-hybridized carbons (Fsp3) is 0.368. The summed E-state index contributed by atoms with van der Waals surface area (Å²) in [5, 5.41) is 0.871. The molecule has 0 fully saturated rings. The Morgan fingerprint density at radius 2 is 1.74 bits per heavy atom. The first kappa shape index (κ1) is 19.3. The van der Waals surface area contributed by atoms with Gasteiger partial charge in [0.05, 0.1) is 0 Å². The predicted octanol–water partition coefficient (Wildman–Crippen LogP) is 2.97. The first-order chi connectivity index (χ1) is 12.8. The summed E-state index contributed by atoms with van der Waals surface area (Å²) < 4.78 is 15.7. The van der Waals surface area contributed by atoms with Gasteiger partial charge < -0.3 is 0 Å². The van der Waals surface area contributed by atoms with Gasteiger partial charge in [0.15, 0.2) is 11.5 Å². The Labute approximate surface area is 160 Å². The Morgan fingerprint density at radius 3 is 2.37 bits per heavy atom. The highest BCUT2D eigenvalue weighted by Crippen LogP contribution is 2.27. The summed E-state index contributed by atoms with van der Waals surface area (Å²) in [6.07, 6.45) is 0.966. The third-order valence-corrected chi connectivity index (χ3v) is 5.31. The van der Waals surface area contributed by atoms with Crippen molar-refractivity contribution in [3.05, 3.63) is 50.9 Å². The SMILES string of the molecule is CC(C)CCSc1nc(-c2ccc(F)cc2)nc2c1c(=O)n(C)c(=O)n2C. The van der Waals surface area contributed by atoms with Gasteiger partial charge in [0.1, 0.15) is 16.2 Å². The molecule has 0 spiro atoms. The molecule has 0 amide bonds. The van der Waals surface area contributed by atoms with Gasteiger partial charge >= 0.3 is 5.69 Å². The van der Waals surface area contributed by atoms with E-state index < -0.39 is 11.2 Å². The molecule has 1 aromatic carbocycles. The zero-order chi connectivity index (χ0) is 19.7. The second kappa shape index (κ2) is 7.64. The van der Waals surface area contributed by atoms with Crippen molar-refractivity contribution in [3.63, 3.8) is 0 Å². The Bertz CT molecular complexity index is 1100. The Kier molecular flexibility index (Phi) is 5.46. The van der Waals surface area contributed by atoms with Crippen LogP contribution in [0.1, 0.15) is 20.3 Å². The molecule has 0 aliphatic rings. The molecule has 0 saturated carbocycles. The van der Waals surface area contributed by atoms with Crippen LogP contribution in [-0.2, 0) is 14.1 Å². The van der Waals surface area contributed by atoms with E-state index in [4.69, 9.17) is 0 Å². The minimum Gasteiger partial charge on any atom is -0.280 e. The van der Waals surface area contributed by atoms with Crippen LogP contribution in [0.25, 0.3) is 22.4 Å². The van der Waals surface area contributed by atoms with Crippen molar-refractivity contribution in [1.29, 1.82) is 0 Å². The van der Waals surface area contributed by atoms with Crippen LogP contribution < -0.4 is 11.2 Å². The van der Waals surface area contributed by atoms with Crippen molar-refractivity contribution < 1.29 is 4.39 Å². The Balaban J connectivity index is 2.26. The zero-order valence-corrected chi connectivity index (χ0v) is 16.5. The molecule has 0 saturated heterocycles. The molecule has 0 aliphatic carbocycles. The number of aromatic nitrogens is 4. The standard InChI is InChI=1S/C19H21FN4O2S/c1-11(2)9-10-27-17-14-16(23(3)19(26)24(4)18(14)25)21-15(22-17)12-5-7-13(20)8-6-12/h5-8,11H,9-10H2,1-4H3. The van der Waals surface area contributed by atoms with E-state index in [0.29, 0.717) is 27.7 Å². The lowest BCUT2D eigenvalue weighted by Crippen LogP contribution is -2.37. The average molecular weight is 388 g/mol. The molecular weight excluding hydrogens is 367 g/mol. The monoisotopic (exact) mass is 388 g/mol. The molecule has 2 heterocycles. The number of aryl methyl sites for hydroxylation is 1. The molecule has 0 N–H and O–H groups in total. The topological polar surface area (TPSA) is 69.8 Å². The normalized spacial score (nSPS) is 11.5. The van der Waals surface area contributed by atoms with Crippen molar-refractivity contribution in [2.75, 3.05) is 5.75 Å². The van der Waals surface area contributed by atoms with Gasteiger partial charge in [-0.3, -0.25) is 13.9 Å². The van der Waals surface area contributed by atoms with E-state index in [1.54, 1.807) is 19.2 Å². The highest BCUT2D eigenvalue weighted by atomic mass is 32.2. The predicted molar refractivity (Wildman–Crippen MR) is 106 cm³/mol. The third kappa shape index (κ3) is 3.80.